The van der Waals surface area contributed by atoms with Crippen LogP contribution in [0.25, 0.3) is 76.9 Å². The van der Waals surface area contributed by atoms with Gasteiger partial charge in [0, 0.05) is 27.8 Å². The van der Waals surface area contributed by atoms with Crippen molar-refractivity contribution in [3.8, 4) is 33.4 Å². The molecule has 0 aliphatic heterocycles. The summed E-state index contributed by atoms with van der Waals surface area (Å²) in [7, 11) is 0. The molecule has 2 heteroatoms. The van der Waals surface area contributed by atoms with E-state index in [9.17, 15) is 0 Å². The SMILES string of the molecule is c1ccc2cc(-c3ccc(N(c4ccc(-c5ccc6ccccc6c5)cc4)c4ccc(-c5cccc6oc7ccccc7c56)cc4)cc3)ccc2c1. The van der Waals surface area contributed by atoms with E-state index in [0.29, 0.717) is 0 Å². The maximum absolute atomic E-state index is 6.21. The summed E-state index contributed by atoms with van der Waals surface area (Å²) in [5, 5.41) is 7.28. The molecule has 1 heterocycles. The highest BCUT2D eigenvalue weighted by molar-refractivity contribution is 6.12. The van der Waals surface area contributed by atoms with Crippen molar-refractivity contribution in [1.29, 1.82) is 0 Å². The van der Waals surface area contributed by atoms with Crippen molar-refractivity contribution in [2.45, 2.75) is 0 Å². The molecule has 0 saturated carbocycles. The van der Waals surface area contributed by atoms with Gasteiger partial charge in [0.15, 0.2) is 0 Å². The number of rotatable bonds is 6. The first-order valence-corrected chi connectivity index (χ1v) is 17.7. The minimum atomic E-state index is 0.905. The van der Waals surface area contributed by atoms with E-state index in [1.165, 1.54) is 49.4 Å². The summed E-state index contributed by atoms with van der Waals surface area (Å²) in [6, 6.07) is 71.8. The second-order valence-corrected chi connectivity index (χ2v) is 13.4. The fraction of sp³-hybridized carbons (Fsp3) is 0. The second-order valence-electron chi connectivity index (χ2n) is 13.4. The number of furan rings is 1. The zero-order valence-electron chi connectivity index (χ0n) is 28.4. The minimum absolute atomic E-state index is 0.905. The van der Waals surface area contributed by atoms with Gasteiger partial charge in [0.25, 0.3) is 0 Å². The van der Waals surface area contributed by atoms with Crippen LogP contribution in [0.1, 0.15) is 0 Å². The Bertz CT molecular complexity index is 2760. The second kappa shape index (κ2) is 12.5. The number of anilines is 3. The Morgan fingerprint density at radius 2 is 0.750 bits per heavy atom. The van der Waals surface area contributed by atoms with Crippen LogP contribution in [-0.2, 0) is 0 Å². The van der Waals surface area contributed by atoms with Gasteiger partial charge in [0.1, 0.15) is 11.2 Å². The lowest BCUT2D eigenvalue weighted by Crippen LogP contribution is -2.09. The summed E-state index contributed by atoms with van der Waals surface area (Å²) in [6.45, 7) is 0. The van der Waals surface area contributed by atoms with Crippen LogP contribution in [0.15, 0.2) is 205 Å². The van der Waals surface area contributed by atoms with Gasteiger partial charge in [-0.15, -0.1) is 0 Å². The molecule has 244 valence electrons. The molecular formula is C50H33NO. The van der Waals surface area contributed by atoms with Gasteiger partial charge in [-0.3, -0.25) is 0 Å². The summed E-state index contributed by atoms with van der Waals surface area (Å²) >= 11 is 0. The van der Waals surface area contributed by atoms with Gasteiger partial charge in [-0.2, -0.15) is 0 Å². The van der Waals surface area contributed by atoms with Gasteiger partial charge in [0.05, 0.1) is 0 Å². The third kappa shape index (κ3) is 5.30. The summed E-state index contributed by atoms with van der Waals surface area (Å²) in [5.74, 6) is 0. The van der Waals surface area contributed by atoms with Gasteiger partial charge in [-0.05, 0) is 116 Å². The lowest BCUT2D eigenvalue weighted by molar-refractivity contribution is 0.669. The van der Waals surface area contributed by atoms with Crippen LogP contribution in [-0.4, -0.2) is 0 Å². The Labute approximate surface area is 302 Å². The molecule has 0 bridgehead atoms. The van der Waals surface area contributed by atoms with Crippen LogP contribution >= 0.6 is 0 Å². The Kier molecular flexibility index (Phi) is 7.18. The van der Waals surface area contributed by atoms with E-state index in [1.54, 1.807) is 0 Å². The standard InChI is InChI=1S/C50H33NO/c1-3-10-39-32-41(18-16-34(39)8-1)36-20-26-43(27-21-36)51(44-28-22-37(23-29-44)42-19-17-35-9-2-4-11-40(35)33-42)45-30-24-38(25-31-45)46-13-7-15-49-50(46)47-12-5-6-14-48(47)52-49/h1-33H. The molecule has 0 spiro atoms. The number of benzene rings is 9. The van der Waals surface area contributed by atoms with Crippen molar-refractivity contribution >= 4 is 60.5 Å². The minimum Gasteiger partial charge on any atom is -0.456 e. The summed E-state index contributed by atoms with van der Waals surface area (Å²) < 4.78 is 6.21. The van der Waals surface area contributed by atoms with Crippen LogP contribution in [0.2, 0.25) is 0 Å². The number of fused-ring (bicyclic) bond motifs is 5. The third-order valence-electron chi connectivity index (χ3n) is 10.3. The van der Waals surface area contributed by atoms with Crippen molar-refractivity contribution in [3.05, 3.63) is 200 Å². The van der Waals surface area contributed by atoms with Crippen molar-refractivity contribution in [2.75, 3.05) is 4.90 Å². The molecule has 10 rings (SSSR count). The maximum Gasteiger partial charge on any atom is 0.136 e. The molecule has 10 aromatic rings. The number of hydrogen-bond acceptors (Lipinski definition) is 2. The summed E-state index contributed by atoms with van der Waals surface area (Å²) in [5.41, 5.74) is 12.2. The fourth-order valence-electron chi connectivity index (χ4n) is 7.60. The van der Waals surface area contributed by atoms with Crippen molar-refractivity contribution in [3.63, 3.8) is 0 Å². The van der Waals surface area contributed by atoms with E-state index in [-0.39, 0.29) is 0 Å². The molecule has 0 saturated heterocycles. The third-order valence-corrected chi connectivity index (χ3v) is 10.3. The van der Waals surface area contributed by atoms with Crippen molar-refractivity contribution < 1.29 is 4.42 Å². The Morgan fingerprint density at radius 1 is 0.308 bits per heavy atom. The zero-order valence-corrected chi connectivity index (χ0v) is 28.4. The Hall–Kier alpha value is -6.90. The first kappa shape index (κ1) is 30.0. The van der Waals surface area contributed by atoms with Crippen LogP contribution < -0.4 is 4.90 Å². The number of para-hydroxylation sites is 1. The van der Waals surface area contributed by atoms with E-state index in [0.717, 1.165) is 44.6 Å². The molecule has 0 unspecified atom stereocenters. The molecule has 0 atom stereocenters. The molecule has 0 radical (unpaired) electrons. The molecule has 2 nitrogen and oxygen atoms in total. The van der Waals surface area contributed by atoms with Gasteiger partial charge in [0.2, 0.25) is 0 Å². The van der Waals surface area contributed by atoms with Crippen molar-refractivity contribution in [1.82, 2.24) is 0 Å². The van der Waals surface area contributed by atoms with Gasteiger partial charge in [-0.25, -0.2) is 0 Å². The first-order chi connectivity index (χ1) is 25.7. The largest absolute Gasteiger partial charge is 0.456 e. The molecule has 0 fully saturated rings. The molecule has 0 aliphatic rings. The average Bonchev–Trinajstić information content (AvgIpc) is 3.61. The van der Waals surface area contributed by atoms with Gasteiger partial charge < -0.3 is 9.32 Å². The van der Waals surface area contributed by atoms with E-state index in [1.807, 2.05) is 12.1 Å². The van der Waals surface area contributed by atoms with E-state index >= 15 is 0 Å². The lowest BCUT2D eigenvalue weighted by atomic mass is 9.98. The predicted molar refractivity (Wildman–Crippen MR) is 220 cm³/mol. The Morgan fingerprint density at radius 3 is 1.31 bits per heavy atom. The highest BCUT2D eigenvalue weighted by Gasteiger charge is 2.16. The normalized spacial score (nSPS) is 11.5. The number of hydrogen-bond donors (Lipinski definition) is 0. The first-order valence-electron chi connectivity index (χ1n) is 17.7. The highest BCUT2D eigenvalue weighted by Crippen LogP contribution is 2.40. The monoisotopic (exact) mass is 663 g/mol. The van der Waals surface area contributed by atoms with Gasteiger partial charge >= 0.3 is 0 Å². The predicted octanol–water partition coefficient (Wildman–Crippen LogP) is 14.4. The number of nitrogens with zero attached hydrogens (tertiary/aromatic N) is 1. The molecule has 1 aromatic heterocycles. The average molecular weight is 664 g/mol. The Balaban J connectivity index is 1.04. The quantitative estimate of drug-likeness (QED) is 0.176. The van der Waals surface area contributed by atoms with Crippen LogP contribution in [0.5, 0.6) is 0 Å². The van der Waals surface area contributed by atoms with Crippen LogP contribution in [0.3, 0.4) is 0 Å². The summed E-state index contributed by atoms with van der Waals surface area (Å²) in [4.78, 5) is 2.34. The molecule has 9 aromatic carbocycles. The molecule has 0 amide bonds. The zero-order chi connectivity index (χ0) is 34.4. The molecular weight excluding hydrogens is 631 g/mol. The van der Waals surface area contributed by atoms with Crippen LogP contribution in [0, 0.1) is 0 Å². The molecule has 0 aliphatic carbocycles. The molecule has 52 heavy (non-hydrogen) atoms. The lowest BCUT2D eigenvalue weighted by Gasteiger charge is -2.26. The topological polar surface area (TPSA) is 16.4 Å². The van der Waals surface area contributed by atoms with E-state index in [2.05, 4.69) is 193 Å². The van der Waals surface area contributed by atoms with Crippen molar-refractivity contribution in [2.24, 2.45) is 0 Å². The highest BCUT2D eigenvalue weighted by atomic mass is 16.3. The van der Waals surface area contributed by atoms with Crippen LogP contribution in [0.4, 0.5) is 17.1 Å². The fourth-order valence-corrected chi connectivity index (χ4v) is 7.60. The smallest absolute Gasteiger partial charge is 0.136 e. The van der Waals surface area contributed by atoms with E-state index < -0.39 is 0 Å². The molecule has 0 N–H and O–H groups in total. The van der Waals surface area contributed by atoms with Gasteiger partial charge in [-0.1, -0.05) is 140 Å². The maximum atomic E-state index is 6.21. The van der Waals surface area contributed by atoms with E-state index in [4.69, 9.17) is 4.42 Å². The summed E-state index contributed by atoms with van der Waals surface area (Å²) in [6.07, 6.45) is 0.